The summed E-state index contributed by atoms with van der Waals surface area (Å²) >= 11 is 0. The zero-order chi connectivity index (χ0) is 13.9. The Labute approximate surface area is 117 Å². The summed E-state index contributed by atoms with van der Waals surface area (Å²) in [5, 5.41) is 10.4. The number of aromatic nitrogens is 4. The molecule has 1 atom stereocenters. The molecule has 5 heteroatoms. The highest BCUT2D eigenvalue weighted by Gasteiger charge is 2.16. The maximum absolute atomic E-state index is 10.4. The molecule has 0 amide bonds. The quantitative estimate of drug-likeness (QED) is 0.784. The third kappa shape index (κ3) is 2.35. The van der Waals surface area contributed by atoms with E-state index in [1.54, 1.807) is 12.4 Å². The second-order valence-corrected chi connectivity index (χ2v) is 4.68. The minimum absolute atomic E-state index is 0.586. The van der Waals surface area contributed by atoms with Gasteiger partial charge in [0.05, 0.1) is 6.54 Å². The lowest BCUT2D eigenvalue weighted by atomic mass is 10.1. The molecule has 102 valence electrons. The molecule has 1 aromatic carbocycles. The molecule has 3 aromatic rings. The predicted octanol–water partition coefficient (Wildman–Crippen LogP) is 1.75. The van der Waals surface area contributed by atoms with Gasteiger partial charge in [0, 0.05) is 31.8 Å². The average molecular weight is 268 g/mol. The maximum Gasteiger partial charge on any atom is 0.142 e. The summed E-state index contributed by atoms with van der Waals surface area (Å²) in [4.78, 5) is 8.58. The van der Waals surface area contributed by atoms with Gasteiger partial charge in [-0.15, -0.1) is 0 Å². The standard InChI is InChI=1S/C15H16N4O/c1-18-9-7-16-13(18)11-19-10-8-17-15(19)14(20)12-5-3-2-4-6-12/h2-10,14,20H,11H2,1H3/t14-/m1/s1. The van der Waals surface area contributed by atoms with Crippen LogP contribution in [0.4, 0.5) is 0 Å². The molecule has 0 fully saturated rings. The highest BCUT2D eigenvalue weighted by Crippen LogP contribution is 2.20. The smallest absolute Gasteiger partial charge is 0.142 e. The van der Waals surface area contributed by atoms with Crippen molar-refractivity contribution in [1.29, 1.82) is 0 Å². The minimum Gasteiger partial charge on any atom is -0.380 e. The molecule has 0 aliphatic carbocycles. The second kappa shape index (κ2) is 5.30. The molecule has 1 N–H and O–H groups in total. The van der Waals surface area contributed by atoms with Gasteiger partial charge in [-0.1, -0.05) is 30.3 Å². The van der Waals surface area contributed by atoms with Crippen LogP contribution >= 0.6 is 0 Å². The van der Waals surface area contributed by atoms with E-state index in [2.05, 4.69) is 9.97 Å². The van der Waals surface area contributed by atoms with Crippen molar-refractivity contribution in [3.63, 3.8) is 0 Å². The Morgan fingerprint density at radius 1 is 1.10 bits per heavy atom. The van der Waals surface area contributed by atoms with E-state index in [4.69, 9.17) is 0 Å². The van der Waals surface area contributed by atoms with Crippen molar-refractivity contribution in [3.05, 3.63) is 72.3 Å². The van der Waals surface area contributed by atoms with E-state index in [0.29, 0.717) is 12.4 Å². The van der Waals surface area contributed by atoms with Gasteiger partial charge in [-0.3, -0.25) is 0 Å². The minimum atomic E-state index is -0.730. The van der Waals surface area contributed by atoms with E-state index < -0.39 is 6.10 Å². The summed E-state index contributed by atoms with van der Waals surface area (Å²) in [7, 11) is 1.95. The number of aliphatic hydroxyl groups is 1. The largest absolute Gasteiger partial charge is 0.380 e. The lowest BCUT2D eigenvalue weighted by molar-refractivity contribution is 0.205. The normalized spacial score (nSPS) is 12.5. The van der Waals surface area contributed by atoms with Crippen molar-refractivity contribution in [2.24, 2.45) is 7.05 Å². The number of hydrogen-bond acceptors (Lipinski definition) is 3. The Morgan fingerprint density at radius 3 is 2.55 bits per heavy atom. The van der Waals surface area contributed by atoms with Crippen molar-refractivity contribution < 1.29 is 5.11 Å². The number of aliphatic hydroxyl groups excluding tert-OH is 1. The summed E-state index contributed by atoms with van der Waals surface area (Å²) in [6, 6.07) is 9.53. The summed E-state index contributed by atoms with van der Waals surface area (Å²) < 4.78 is 3.87. The Morgan fingerprint density at radius 2 is 1.85 bits per heavy atom. The van der Waals surface area contributed by atoms with Gasteiger partial charge in [-0.05, 0) is 5.56 Å². The summed E-state index contributed by atoms with van der Waals surface area (Å²) in [5.41, 5.74) is 0.833. The molecule has 2 aromatic heterocycles. The Balaban J connectivity index is 1.89. The van der Waals surface area contributed by atoms with E-state index in [9.17, 15) is 5.11 Å². The monoisotopic (exact) mass is 268 g/mol. The zero-order valence-corrected chi connectivity index (χ0v) is 11.2. The van der Waals surface area contributed by atoms with Gasteiger partial charge < -0.3 is 14.2 Å². The predicted molar refractivity (Wildman–Crippen MR) is 75.0 cm³/mol. The van der Waals surface area contributed by atoms with E-state index in [-0.39, 0.29) is 0 Å². The van der Waals surface area contributed by atoms with Gasteiger partial charge in [0.25, 0.3) is 0 Å². The molecule has 20 heavy (non-hydrogen) atoms. The van der Waals surface area contributed by atoms with Crippen LogP contribution in [0.3, 0.4) is 0 Å². The molecule has 2 heterocycles. The van der Waals surface area contributed by atoms with Gasteiger partial charge in [-0.25, -0.2) is 9.97 Å². The molecule has 0 aliphatic rings. The van der Waals surface area contributed by atoms with Crippen LogP contribution in [-0.4, -0.2) is 24.2 Å². The van der Waals surface area contributed by atoms with Crippen molar-refractivity contribution in [1.82, 2.24) is 19.1 Å². The van der Waals surface area contributed by atoms with Gasteiger partial charge in [0.1, 0.15) is 17.8 Å². The molecule has 0 radical (unpaired) electrons. The van der Waals surface area contributed by atoms with Crippen LogP contribution in [0.15, 0.2) is 55.1 Å². The summed E-state index contributed by atoms with van der Waals surface area (Å²) in [6.45, 7) is 0.586. The van der Waals surface area contributed by atoms with E-state index in [1.165, 1.54) is 0 Å². The van der Waals surface area contributed by atoms with E-state index in [1.807, 2.05) is 58.9 Å². The fourth-order valence-electron chi connectivity index (χ4n) is 2.19. The molecule has 3 rings (SSSR count). The maximum atomic E-state index is 10.4. The van der Waals surface area contributed by atoms with Crippen LogP contribution in [0.5, 0.6) is 0 Å². The van der Waals surface area contributed by atoms with Crippen molar-refractivity contribution >= 4 is 0 Å². The Hall–Kier alpha value is -2.40. The van der Waals surface area contributed by atoms with Crippen LogP contribution < -0.4 is 0 Å². The zero-order valence-electron chi connectivity index (χ0n) is 11.2. The van der Waals surface area contributed by atoms with Crippen LogP contribution in [0, 0.1) is 0 Å². The highest BCUT2D eigenvalue weighted by molar-refractivity contribution is 5.23. The number of imidazole rings is 2. The summed E-state index contributed by atoms with van der Waals surface area (Å²) in [6.07, 6.45) is 6.49. The van der Waals surface area contributed by atoms with E-state index in [0.717, 1.165) is 11.4 Å². The topological polar surface area (TPSA) is 55.9 Å². The van der Waals surface area contributed by atoms with Gasteiger partial charge in [0.15, 0.2) is 0 Å². The first kappa shape index (κ1) is 12.6. The lowest BCUT2D eigenvalue weighted by Crippen LogP contribution is -2.12. The van der Waals surface area contributed by atoms with Gasteiger partial charge in [-0.2, -0.15) is 0 Å². The number of benzene rings is 1. The Bertz CT molecular complexity index is 687. The SMILES string of the molecule is Cn1ccnc1Cn1ccnc1[C@H](O)c1ccccc1. The van der Waals surface area contributed by atoms with Crippen molar-refractivity contribution in [2.75, 3.05) is 0 Å². The molecule has 0 saturated heterocycles. The van der Waals surface area contributed by atoms with Crippen molar-refractivity contribution in [3.8, 4) is 0 Å². The third-order valence-corrected chi connectivity index (χ3v) is 3.34. The Kier molecular flexibility index (Phi) is 3.35. The van der Waals surface area contributed by atoms with Gasteiger partial charge in [0.2, 0.25) is 0 Å². The number of hydrogen-bond donors (Lipinski definition) is 1. The third-order valence-electron chi connectivity index (χ3n) is 3.34. The van der Waals surface area contributed by atoms with Gasteiger partial charge >= 0.3 is 0 Å². The number of aryl methyl sites for hydroxylation is 1. The summed E-state index contributed by atoms with van der Waals surface area (Å²) in [5.74, 6) is 1.55. The molecule has 0 aliphatic heterocycles. The number of rotatable bonds is 4. The first-order valence-electron chi connectivity index (χ1n) is 6.46. The first-order chi connectivity index (χ1) is 9.75. The molecule has 0 saturated carbocycles. The molecule has 5 nitrogen and oxygen atoms in total. The lowest BCUT2D eigenvalue weighted by Gasteiger charge is -2.13. The van der Waals surface area contributed by atoms with Crippen LogP contribution in [0.25, 0.3) is 0 Å². The van der Waals surface area contributed by atoms with E-state index >= 15 is 0 Å². The first-order valence-corrected chi connectivity index (χ1v) is 6.46. The van der Waals surface area contributed by atoms with Crippen LogP contribution in [0.2, 0.25) is 0 Å². The fourth-order valence-corrected chi connectivity index (χ4v) is 2.19. The average Bonchev–Trinajstić information content (AvgIpc) is 3.09. The molecule has 0 spiro atoms. The molecule has 0 unspecified atom stereocenters. The molecule has 0 bridgehead atoms. The van der Waals surface area contributed by atoms with Crippen LogP contribution in [-0.2, 0) is 13.6 Å². The van der Waals surface area contributed by atoms with Crippen molar-refractivity contribution in [2.45, 2.75) is 12.6 Å². The molecular formula is C15H16N4O. The number of nitrogens with zero attached hydrogens (tertiary/aromatic N) is 4. The fraction of sp³-hybridized carbons (Fsp3) is 0.200. The highest BCUT2D eigenvalue weighted by atomic mass is 16.3. The second-order valence-electron chi connectivity index (χ2n) is 4.68. The molecular weight excluding hydrogens is 252 g/mol. The van der Waals surface area contributed by atoms with Crippen LogP contribution in [0.1, 0.15) is 23.3 Å².